The van der Waals surface area contributed by atoms with Gasteiger partial charge in [0.25, 0.3) is 0 Å². The van der Waals surface area contributed by atoms with E-state index in [1.54, 1.807) is 11.6 Å². The summed E-state index contributed by atoms with van der Waals surface area (Å²) in [7, 11) is 1.64. The Morgan fingerprint density at radius 2 is 1.97 bits per heavy atom. The van der Waals surface area contributed by atoms with Crippen molar-refractivity contribution >= 4 is 11.3 Å². The van der Waals surface area contributed by atoms with Crippen LogP contribution in [0.5, 0.6) is 5.75 Å². The van der Waals surface area contributed by atoms with Gasteiger partial charge in [-0.25, -0.2) is 9.50 Å². The average Bonchev–Trinajstić information content (AvgIpc) is 3.45. The minimum Gasteiger partial charge on any atom is -0.493 e. The second kappa shape index (κ2) is 8.01. The Morgan fingerprint density at radius 1 is 1.14 bits per heavy atom. The largest absolute Gasteiger partial charge is 0.493 e. The third-order valence-corrected chi connectivity index (χ3v) is 7.85. The molecule has 4 aromatic heterocycles. The van der Waals surface area contributed by atoms with Crippen LogP contribution in [0.2, 0.25) is 0 Å². The average molecular weight is 487 g/mol. The van der Waals surface area contributed by atoms with Gasteiger partial charge >= 0.3 is 0 Å². The summed E-state index contributed by atoms with van der Waals surface area (Å²) >= 11 is 0. The second-order valence-corrected chi connectivity index (χ2v) is 10.7. The van der Waals surface area contributed by atoms with Gasteiger partial charge in [-0.1, -0.05) is 13.8 Å². The molecule has 0 aliphatic carbocycles. The minimum atomic E-state index is 0.241. The highest BCUT2D eigenvalue weighted by Crippen LogP contribution is 2.43. The maximum absolute atomic E-state index is 5.56. The smallest absolute Gasteiger partial charge is 0.197 e. The van der Waals surface area contributed by atoms with E-state index in [4.69, 9.17) is 19.6 Å². The fourth-order valence-corrected chi connectivity index (χ4v) is 5.88. The zero-order valence-corrected chi connectivity index (χ0v) is 20.8. The molecule has 7 heterocycles. The van der Waals surface area contributed by atoms with Crippen molar-refractivity contribution in [1.82, 2.24) is 34.7 Å². The quantitative estimate of drug-likeness (QED) is 0.445. The molecule has 0 unspecified atom stereocenters. The fourth-order valence-electron chi connectivity index (χ4n) is 5.88. The Morgan fingerprint density at radius 3 is 2.64 bits per heavy atom. The van der Waals surface area contributed by atoms with Crippen LogP contribution >= 0.6 is 0 Å². The summed E-state index contributed by atoms with van der Waals surface area (Å²) in [5.74, 6) is 0.909. The first kappa shape index (κ1) is 21.8. The van der Waals surface area contributed by atoms with Crippen molar-refractivity contribution < 1.29 is 9.47 Å². The summed E-state index contributed by atoms with van der Waals surface area (Å²) in [6.45, 7) is 10.8. The van der Waals surface area contributed by atoms with E-state index >= 15 is 0 Å². The van der Waals surface area contributed by atoms with E-state index in [-0.39, 0.29) is 5.92 Å². The van der Waals surface area contributed by atoms with E-state index in [0.717, 1.165) is 54.5 Å². The van der Waals surface area contributed by atoms with Gasteiger partial charge in [-0.05, 0) is 24.1 Å². The first-order chi connectivity index (χ1) is 17.5. The van der Waals surface area contributed by atoms with Crippen molar-refractivity contribution in [1.29, 1.82) is 0 Å². The molecule has 1 spiro atoms. The van der Waals surface area contributed by atoms with Crippen molar-refractivity contribution in [2.24, 2.45) is 5.41 Å². The van der Waals surface area contributed by atoms with Gasteiger partial charge in [0, 0.05) is 48.9 Å². The summed E-state index contributed by atoms with van der Waals surface area (Å²) in [6, 6.07) is 6.89. The van der Waals surface area contributed by atoms with Gasteiger partial charge in [0.15, 0.2) is 11.4 Å². The van der Waals surface area contributed by atoms with Gasteiger partial charge in [-0.2, -0.15) is 10.2 Å². The SMILES string of the molecule is COc1cc(-c2[nH]nc(-c3ccc(N4CC5(C4)CN(C4COC4)C5)cn3)c2C(C)C)cn2ncnc12. The Kier molecular flexibility index (Phi) is 4.84. The van der Waals surface area contributed by atoms with E-state index in [9.17, 15) is 0 Å². The van der Waals surface area contributed by atoms with Crippen molar-refractivity contribution in [2.45, 2.75) is 25.8 Å². The monoisotopic (exact) mass is 486 g/mol. The van der Waals surface area contributed by atoms with Crippen LogP contribution in [-0.4, -0.2) is 87.2 Å². The lowest BCUT2D eigenvalue weighted by atomic mass is 9.72. The highest BCUT2D eigenvalue weighted by Gasteiger charge is 2.54. The Balaban J connectivity index is 1.12. The maximum Gasteiger partial charge on any atom is 0.197 e. The van der Waals surface area contributed by atoms with Crippen LogP contribution in [0.1, 0.15) is 25.3 Å². The number of pyridine rings is 2. The van der Waals surface area contributed by atoms with E-state index in [1.807, 2.05) is 18.5 Å². The molecular weight excluding hydrogens is 456 g/mol. The van der Waals surface area contributed by atoms with Crippen LogP contribution < -0.4 is 9.64 Å². The minimum absolute atomic E-state index is 0.241. The van der Waals surface area contributed by atoms with Gasteiger partial charge < -0.3 is 14.4 Å². The summed E-state index contributed by atoms with van der Waals surface area (Å²) < 4.78 is 12.6. The molecule has 0 radical (unpaired) electrons. The van der Waals surface area contributed by atoms with Gasteiger partial charge in [-0.3, -0.25) is 15.0 Å². The number of hydrogen-bond acceptors (Lipinski definition) is 8. The number of ether oxygens (including phenoxy) is 2. The molecule has 0 bridgehead atoms. The Hall–Kier alpha value is -3.50. The molecule has 3 fully saturated rings. The van der Waals surface area contributed by atoms with Crippen molar-refractivity contribution in [3.05, 3.63) is 42.5 Å². The third kappa shape index (κ3) is 3.31. The van der Waals surface area contributed by atoms with Gasteiger partial charge in [0.2, 0.25) is 0 Å². The summed E-state index contributed by atoms with van der Waals surface area (Å²) in [5, 5.41) is 12.3. The predicted octanol–water partition coefficient (Wildman–Crippen LogP) is 2.83. The number of anilines is 1. The number of fused-ring (bicyclic) bond motifs is 1. The molecule has 3 aliphatic rings. The molecule has 4 aromatic rings. The Labute approximate surface area is 209 Å². The van der Waals surface area contributed by atoms with Crippen molar-refractivity contribution in [2.75, 3.05) is 51.4 Å². The highest BCUT2D eigenvalue weighted by molar-refractivity contribution is 5.75. The lowest BCUT2D eigenvalue weighted by molar-refractivity contribution is -0.137. The molecule has 1 N–H and O–H groups in total. The predicted molar refractivity (Wildman–Crippen MR) is 135 cm³/mol. The van der Waals surface area contributed by atoms with Crippen molar-refractivity contribution in [3.63, 3.8) is 0 Å². The first-order valence-electron chi connectivity index (χ1n) is 12.5. The van der Waals surface area contributed by atoms with E-state index in [1.165, 1.54) is 25.1 Å². The molecule has 10 heteroatoms. The van der Waals surface area contributed by atoms with Crippen LogP contribution in [0.3, 0.4) is 0 Å². The number of rotatable bonds is 6. The first-order valence-corrected chi connectivity index (χ1v) is 12.5. The Bertz CT molecular complexity index is 1410. The lowest BCUT2D eigenvalue weighted by Crippen LogP contribution is -2.75. The van der Waals surface area contributed by atoms with Crippen LogP contribution in [0.4, 0.5) is 5.69 Å². The van der Waals surface area contributed by atoms with Gasteiger partial charge in [0.1, 0.15) is 12.0 Å². The number of hydrogen-bond donors (Lipinski definition) is 1. The van der Waals surface area contributed by atoms with Gasteiger partial charge in [0.05, 0.1) is 49.6 Å². The van der Waals surface area contributed by atoms with Crippen LogP contribution in [-0.2, 0) is 4.74 Å². The number of likely N-dealkylation sites (tertiary alicyclic amines) is 1. The number of aromatic nitrogens is 6. The molecule has 0 aromatic carbocycles. The topological polar surface area (TPSA) is 96.7 Å². The van der Waals surface area contributed by atoms with Crippen molar-refractivity contribution in [3.8, 4) is 28.4 Å². The molecule has 186 valence electrons. The summed E-state index contributed by atoms with van der Waals surface area (Å²) in [4.78, 5) is 14.1. The van der Waals surface area contributed by atoms with Crippen LogP contribution in [0.25, 0.3) is 28.3 Å². The zero-order chi connectivity index (χ0) is 24.4. The molecule has 7 rings (SSSR count). The molecular formula is C26H30N8O2. The normalized spacial score (nSPS) is 19.5. The molecule has 0 saturated carbocycles. The van der Waals surface area contributed by atoms with E-state index < -0.39 is 0 Å². The van der Waals surface area contributed by atoms with E-state index in [2.05, 4.69) is 51.0 Å². The standard InChI is InChI=1S/C26H30N8O2/c1-16(2)22-23(17-6-21(35-3)25-28-15-29-34(25)8-17)30-31-24(22)20-5-4-18(7-27-20)32-11-26(12-32)13-33(14-26)19-9-36-10-19/h4-8,15-16,19H,9-14H2,1-3H3,(H,30,31). The number of nitrogens with one attached hydrogen (secondary N) is 1. The molecule has 0 amide bonds. The zero-order valence-electron chi connectivity index (χ0n) is 20.8. The highest BCUT2D eigenvalue weighted by atomic mass is 16.5. The van der Waals surface area contributed by atoms with E-state index in [0.29, 0.717) is 22.9 Å². The van der Waals surface area contributed by atoms with Gasteiger partial charge in [-0.15, -0.1) is 0 Å². The number of H-pyrrole nitrogens is 1. The third-order valence-electron chi connectivity index (χ3n) is 7.85. The maximum atomic E-state index is 5.56. The molecule has 3 aliphatic heterocycles. The molecule has 36 heavy (non-hydrogen) atoms. The lowest BCUT2D eigenvalue weighted by Gasteiger charge is -2.63. The number of aromatic amines is 1. The fraction of sp³-hybridized carbons (Fsp3) is 0.462. The molecule has 10 nitrogen and oxygen atoms in total. The van der Waals surface area contributed by atoms with Crippen LogP contribution in [0, 0.1) is 5.41 Å². The second-order valence-electron chi connectivity index (χ2n) is 10.7. The number of methoxy groups -OCH3 is 1. The van der Waals surface area contributed by atoms with Crippen LogP contribution in [0.15, 0.2) is 36.9 Å². The number of nitrogens with zero attached hydrogens (tertiary/aromatic N) is 7. The summed E-state index contributed by atoms with van der Waals surface area (Å²) in [6.07, 6.45) is 5.46. The summed E-state index contributed by atoms with van der Waals surface area (Å²) in [5.41, 5.74) is 7.07. The molecule has 0 atom stereocenters. The molecule has 3 saturated heterocycles.